The summed E-state index contributed by atoms with van der Waals surface area (Å²) in [4.78, 5) is 22.9. The van der Waals surface area contributed by atoms with E-state index in [0.29, 0.717) is 30.8 Å². The van der Waals surface area contributed by atoms with Gasteiger partial charge in [-0.1, -0.05) is 24.8 Å². The SMILES string of the molecule is C=CCOc1ccccc1C(=O)NC1CC(C(=O)O)C1. The maximum Gasteiger partial charge on any atom is 0.306 e. The molecule has 5 heteroatoms. The van der Waals surface area contributed by atoms with Crippen LogP contribution in [0.3, 0.4) is 0 Å². The van der Waals surface area contributed by atoms with Gasteiger partial charge in [-0.05, 0) is 25.0 Å². The first-order chi connectivity index (χ1) is 9.61. The van der Waals surface area contributed by atoms with Gasteiger partial charge in [-0.25, -0.2) is 0 Å². The number of hydrogen-bond acceptors (Lipinski definition) is 3. The van der Waals surface area contributed by atoms with Crippen LogP contribution in [0.5, 0.6) is 5.75 Å². The molecule has 0 bridgehead atoms. The van der Waals surface area contributed by atoms with E-state index in [0.717, 1.165) is 0 Å². The molecule has 0 unspecified atom stereocenters. The van der Waals surface area contributed by atoms with E-state index in [-0.39, 0.29) is 17.9 Å². The predicted molar refractivity (Wildman–Crippen MR) is 73.7 cm³/mol. The van der Waals surface area contributed by atoms with Gasteiger partial charge in [0.1, 0.15) is 12.4 Å². The van der Waals surface area contributed by atoms with Crippen LogP contribution < -0.4 is 10.1 Å². The number of benzene rings is 1. The number of carboxylic acids is 1. The highest BCUT2D eigenvalue weighted by molar-refractivity contribution is 5.97. The lowest BCUT2D eigenvalue weighted by molar-refractivity contribution is -0.145. The molecule has 1 aromatic rings. The maximum absolute atomic E-state index is 12.1. The lowest BCUT2D eigenvalue weighted by Gasteiger charge is -2.32. The smallest absolute Gasteiger partial charge is 0.306 e. The highest BCUT2D eigenvalue weighted by Gasteiger charge is 2.35. The molecule has 5 nitrogen and oxygen atoms in total. The molecule has 0 spiro atoms. The molecule has 1 saturated carbocycles. The van der Waals surface area contributed by atoms with Gasteiger partial charge in [-0.15, -0.1) is 0 Å². The van der Waals surface area contributed by atoms with Crippen LogP contribution in [0.25, 0.3) is 0 Å². The van der Waals surface area contributed by atoms with Crippen molar-refractivity contribution in [3.63, 3.8) is 0 Å². The van der Waals surface area contributed by atoms with Crippen LogP contribution in [0.4, 0.5) is 0 Å². The van der Waals surface area contributed by atoms with Gasteiger partial charge >= 0.3 is 5.97 Å². The van der Waals surface area contributed by atoms with Crippen molar-refractivity contribution in [2.24, 2.45) is 5.92 Å². The summed E-state index contributed by atoms with van der Waals surface area (Å²) in [7, 11) is 0. The van der Waals surface area contributed by atoms with Crippen LogP contribution in [0.1, 0.15) is 23.2 Å². The molecule has 0 atom stereocenters. The Morgan fingerprint density at radius 1 is 1.40 bits per heavy atom. The molecule has 1 aliphatic carbocycles. The fraction of sp³-hybridized carbons (Fsp3) is 0.333. The number of ether oxygens (including phenoxy) is 1. The van der Waals surface area contributed by atoms with Crippen LogP contribution in [0, 0.1) is 5.92 Å². The molecule has 0 saturated heterocycles. The maximum atomic E-state index is 12.1. The molecule has 1 aliphatic rings. The summed E-state index contributed by atoms with van der Waals surface area (Å²) in [5.41, 5.74) is 0.452. The Morgan fingerprint density at radius 2 is 2.10 bits per heavy atom. The van der Waals surface area contributed by atoms with Gasteiger partial charge < -0.3 is 15.2 Å². The molecule has 1 aromatic carbocycles. The van der Waals surface area contributed by atoms with E-state index in [2.05, 4.69) is 11.9 Å². The predicted octanol–water partition coefficient (Wildman–Crippen LogP) is 1.84. The van der Waals surface area contributed by atoms with Crippen molar-refractivity contribution >= 4 is 11.9 Å². The van der Waals surface area contributed by atoms with Gasteiger partial charge in [0, 0.05) is 6.04 Å². The molecule has 0 aliphatic heterocycles. The van der Waals surface area contributed by atoms with Gasteiger partial charge in [-0.3, -0.25) is 9.59 Å². The summed E-state index contributed by atoms with van der Waals surface area (Å²) in [5.74, 6) is -0.879. The zero-order valence-corrected chi connectivity index (χ0v) is 11.0. The number of nitrogens with one attached hydrogen (secondary N) is 1. The molecule has 106 valence electrons. The van der Waals surface area contributed by atoms with E-state index in [1.807, 2.05) is 0 Å². The van der Waals surface area contributed by atoms with Gasteiger partial charge in [0.25, 0.3) is 5.91 Å². The van der Waals surface area contributed by atoms with E-state index in [4.69, 9.17) is 9.84 Å². The minimum atomic E-state index is -0.801. The van der Waals surface area contributed by atoms with Gasteiger partial charge in [-0.2, -0.15) is 0 Å². The summed E-state index contributed by atoms with van der Waals surface area (Å²) < 4.78 is 5.43. The molecular weight excluding hydrogens is 258 g/mol. The summed E-state index contributed by atoms with van der Waals surface area (Å²) in [6, 6.07) is 6.88. The fourth-order valence-corrected chi connectivity index (χ4v) is 2.13. The van der Waals surface area contributed by atoms with Crippen molar-refractivity contribution in [2.75, 3.05) is 6.61 Å². The number of amides is 1. The average Bonchev–Trinajstić information content (AvgIpc) is 2.39. The summed E-state index contributed by atoms with van der Waals surface area (Å²) >= 11 is 0. The van der Waals surface area contributed by atoms with Crippen LogP contribution in [-0.4, -0.2) is 29.6 Å². The standard InChI is InChI=1S/C15H17NO4/c1-2-7-20-13-6-4-3-5-12(13)14(17)16-11-8-10(9-11)15(18)19/h2-6,10-11H,1,7-9H2,(H,16,17)(H,18,19). The Hall–Kier alpha value is -2.30. The first-order valence-corrected chi connectivity index (χ1v) is 6.48. The Kier molecular flexibility index (Phi) is 4.40. The van der Waals surface area contributed by atoms with E-state index < -0.39 is 5.97 Å². The summed E-state index contributed by atoms with van der Waals surface area (Å²) in [5, 5.41) is 11.6. The number of para-hydroxylation sites is 1. The highest BCUT2D eigenvalue weighted by atomic mass is 16.5. The van der Waals surface area contributed by atoms with Crippen LogP contribution in [0.2, 0.25) is 0 Å². The van der Waals surface area contributed by atoms with Crippen molar-refractivity contribution in [3.8, 4) is 5.75 Å². The molecule has 0 aromatic heterocycles. The van der Waals surface area contributed by atoms with Gasteiger partial charge in [0.2, 0.25) is 0 Å². The quantitative estimate of drug-likeness (QED) is 0.777. The lowest BCUT2D eigenvalue weighted by Crippen LogP contribution is -2.46. The molecule has 1 fully saturated rings. The minimum absolute atomic E-state index is 0.0731. The van der Waals surface area contributed by atoms with Gasteiger partial charge in [0.15, 0.2) is 0 Å². The van der Waals surface area contributed by atoms with E-state index in [9.17, 15) is 9.59 Å². The van der Waals surface area contributed by atoms with E-state index in [1.54, 1.807) is 30.3 Å². The number of carboxylic acid groups (broad SMARTS) is 1. The number of hydrogen-bond donors (Lipinski definition) is 2. The average molecular weight is 275 g/mol. The van der Waals surface area contributed by atoms with Crippen LogP contribution >= 0.6 is 0 Å². The molecule has 2 N–H and O–H groups in total. The van der Waals surface area contributed by atoms with Crippen molar-refractivity contribution in [1.29, 1.82) is 0 Å². The van der Waals surface area contributed by atoms with E-state index >= 15 is 0 Å². The van der Waals surface area contributed by atoms with Crippen molar-refractivity contribution in [1.82, 2.24) is 5.32 Å². The van der Waals surface area contributed by atoms with E-state index in [1.165, 1.54) is 0 Å². The Morgan fingerprint density at radius 3 is 2.75 bits per heavy atom. The molecule has 2 rings (SSSR count). The molecular formula is C15H17NO4. The Labute approximate surface area is 117 Å². The topological polar surface area (TPSA) is 75.6 Å². The lowest BCUT2D eigenvalue weighted by atomic mass is 9.80. The monoisotopic (exact) mass is 275 g/mol. The minimum Gasteiger partial charge on any atom is -0.489 e. The fourth-order valence-electron chi connectivity index (χ4n) is 2.13. The second-order valence-electron chi connectivity index (χ2n) is 4.77. The number of aliphatic carboxylic acids is 1. The first-order valence-electron chi connectivity index (χ1n) is 6.48. The van der Waals surface area contributed by atoms with Crippen LogP contribution in [-0.2, 0) is 4.79 Å². The Bertz CT molecular complexity index is 520. The number of carbonyl (C=O) groups excluding carboxylic acids is 1. The van der Waals surface area contributed by atoms with Crippen molar-refractivity contribution in [2.45, 2.75) is 18.9 Å². The van der Waals surface area contributed by atoms with Gasteiger partial charge in [0.05, 0.1) is 11.5 Å². The summed E-state index contributed by atoms with van der Waals surface area (Å²) in [6.07, 6.45) is 2.57. The molecule has 20 heavy (non-hydrogen) atoms. The zero-order chi connectivity index (χ0) is 14.5. The molecule has 1 amide bonds. The molecule has 0 heterocycles. The Balaban J connectivity index is 1.96. The van der Waals surface area contributed by atoms with Crippen molar-refractivity contribution in [3.05, 3.63) is 42.5 Å². The second kappa shape index (κ2) is 6.23. The third-order valence-electron chi connectivity index (χ3n) is 3.31. The second-order valence-corrected chi connectivity index (χ2v) is 4.77. The normalized spacial score (nSPS) is 20.6. The van der Waals surface area contributed by atoms with Crippen molar-refractivity contribution < 1.29 is 19.4 Å². The highest BCUT2D eigenvalue weighted by Crippen LogP contribution is 2.28. The third-order valence-corrected chi connectivity index (χ3v) is 3.31. The first kappa shape index (κ1) is 14.1. The molecule has 0 radical (unpaired) electrons. The number of carbonyl (C=O) groups is 2. The number of rotatable bonds is 6. The summed E-state index contributed by atoms with van der Waals surface area (Å²) in [6.45, 7) is 3.89. The van der Waals surface area contributed by atoms with Crippen LogP contribution in [0.15, 0.2) is 36.9 Å². The zero-order valence-electron chi connectivity index (χ0n) is 11.0. The third kappa shape index (κ3) is 3.17. The largest absolute Gasteiger partial charge is 0.489 e.